The zero-order valence-electron chi connectivity index (χ0n) is 14.7. The van der Waals surface area contributed by atoms with Crippen LogP contribution in [0.1, 0.15) is 46.5 Å². The van der Waals surface area contributed by atoms with Crippen LogP contribution in [-0.2, 0) is 13.9 Å². The molecule has 128 valence electrons. The van der Waals surface area contributed by atoms with E-state index in [0.29, 0.717) is 26.4 Å². The van der Waals surface area contributed by atoms with Gasteiger partial charge in [0.25, 0.3) is 0 Å². The Morgan fingerprint density at radius 2 is 1.29 bits per heavy atom. The Labute approximate surface area is 146 Å². The molecule has 5 heteroatoms. The Balaban J connectivity index is 3.30. The molecule has 0 saturated heterocycles. The molecule has 0 fully saturated rings. The zero-order chi connectivity index (χ0) is 16.2. The fourth-order valence-electron chi connectivity index (χ4n) is 1.55. The van der Waals surface area contributed by atoms with Gasteiger partial charge in [-0.05, 0) is 35.4 Å². The molecule has 0 spiro atoms. The molecule has 0 N–H and O–H groups in total. The molecule has 0 atom stereocenters. The third kappa shape index (κ3) is 12.0. The molecule has 0 amide bonds. The maximum atomic E-state index is 6.05. The van der Waals surface area contributed by atoms with Gasteiger partial charge in [-0.25, -0.2) is 0 Å². The smallest absolute Gasteiger partial charge is 0.192 e. The van der Waals surface area contributed by atoms with Gasteiger partial charge in [0, 0.05) is 6.61 Å². The van der Waals surface area contributed by atoms with Gasteiger partial charge in [0.05, 0.1) is 26.4 Å². The van der Waals surface area contributed by atoms with Crippen molar-refractivity contribution in [3.8, 4) is 0 Å². The van der Waals surface area contributed by atoms with Crippen molar-refractivity contribution in [1.29, 1.82) is 0 Å². The second kappa shape index (κ2) is 12.3. The van der Waals surface area contributed by atoms with E-state index in [1.807, 2.05) is 0 Å². The van der Waals surface area contributed by atoms with Gasteiger partial charge in [0.2, 0.25) is 0 Å². The van der Waals surface area contributed by atoms with Gasteiger partial charge in [-0.1, -0.05) is 56.2 Å². The second-order valence-corrected chi connectivity index (χ2v) is 12.8. The van der Waals surface area contributed by atoms with Crippen LogP contribution in [0.3, 0.4) is 0 Å². The number of hydrogen-bond acceptors (Lipinski definition) is 3. The van der Waals surface area contributed by atoms with E-state index >= 15 is 0 Å². The number of alkyl halides is 1. The molecule has 0 aromatic heterocycles. The van der Waals surface area contributed by atoms with Crippen molar-refractivity contribution in [2.24, 2.45) is 0 Å². The van der Waals surface area contributed by atoms with E-state index < -0.39 is 8.32 Å². The molecule has 0 unspecified atom stereocenters. The monoisotopic (exact) mass is 430 g/mol. The third-order valence-electron chi connectivity index (χ3n) is 4.04. The zero-order valence-corrected chi connectivity index (χ0v) is 17.8. The Hall–Kier alpha value is 0.827. The molecule has 0 aliphatic rings. The highest BCUT2D eigenvalue weighted by atomic mass is 127. The van der Waals surface area contributed by atoms with Gasteiger partial charge in [-0.3, -0.25) is 0 Å². The predicted octanol–water partition coefficient (Wildman–Crippen LogP) is 5.04. The minimum atomic E-state index is -1.61. The summed E-state index contributed by atoms with van der Waals surface area (Å²) >= 11 is 2.43. The minimum Gasteiger partial charge on any atom is -0.414 e. The second-order valence-electron chi connectivity index (χ2n) is 6.94. The number of unbranched alkanes of at least 4 members (excludes halogenated alkanes) is 3. The van der Waals surface area contributed by atoms with Crippen LogP contribution >= 0.6 is 22.6 Å². The van der Waals surface area contributed by atoms with Crippen molar-refractivity contribution in [1.82, 2.24) is 0 Å². The lowest BCUT2D eigenvalue weighted by Crippen LogP contribution is -2.41. The largest absolute Gasteiger partial charge is 0.414 e. The van der Waals surface area contributed by atoms with Gasteiger partial charge in [-0.15, -0.1) is 0 Å². The van der Waals surface area contributed by atoms with E-state index in [9.17, 15) is 0 Å². The lowest BCUT2D eigenvalue weighted by Gasteiger charge is -2.36. The molecule has 3 nitrogen and oxygen atoms in total. The molecule has 21 heavy (non-hydrogen) atoms. The molecular formula is C16H35IO3Si. The van der Waals surface area contributed by atoms with Crippen LogP contribution in [0.4, 0.5) is 0 Å². The first-order valence-electron chi connectivity index (χ1n) is 8.16. The Morgan fingerprint density at radius 3 is 1.86 bits per heavy atom. The molecule has 0 aromatic carbocycles. The van der Waals surface area contributed by atoms with Crippen LogP contribution in [0.15, 0.2) is 0 Å². The maximum Gasteiger partial charge on any atom is 0.192 e. The quantitative estimate of drug-likeness (QED) is 0.177. The summed E-state index contributed by atoms with van der Waals surface area (Å²) in [6, 6.07) is 0. The molecule has 0 aliphatic carbocycles. The van der Waals surface area contributed by atoms with E-state index in [4.69, 9.17) is 13.9 Å². The summed E-state index contributed by atoms with van der Waals surface area (Å²) in [7, 11) is -1.61. The van der Waals surface area contributed by atoms with Gasteiger partial charge < -0.3 is 13.9 Å². The van der Waals surface area contributed by atoms with Crippen LogP contribution in [0.25, 0.3) is 0 Å². The predicted molar refractivity (Wildman–Crippen MR) is 102 cm³/mol. The average Bonchev–Trinajstić information content (AvgIpc) is 2.38. The molecule has 0 saturated carbocycles. The highest BCUT2D eigenvalue weighted by Crippen LogP contribution is 2.36. The standard InChI is InChI=1S/C16H35IO3Si/c1-16(2,3)21(4,5)20-15-14-19-13-12-18-11-9-7-6-8-10-17/h6-15H2,1-5H3. The van der Waals surface area contributed by atoms with Crippen LogP contribution in [0.2, 0.25) is 18.1 Å². The molecule has 0 aliphatic heterocycles. The molecule has 0 radical (unpaired) electrons. The van der Waals surface area contributed by atoms with Crippen molar-refractivity contribution in [2.45, 2.75) is 64.6 Å². The number of halogens is 1. The summed E-state index contributed by atoms with van der Waals surface area (Å²) in [6.45, 7) is 14.9. The van der Waals surface area contributed by atoms with Crippen molar-refractivity contribution < 1.29 is 13.9 Å². The summed E-state index contributed by atoms with van der Waals surface area (Å²) < 4.78 is 18.4. The van der Waals surface area contributed by atoms with Crippen LogP contribution in [0.5, 0.6) is 0 Å². The third-order valence-corrected chi connectivity index (χ3v) is 9.34. The number of rotatable bonds is 13. The highest BCUT2D eigenvalue weighted by Gasteiger charge is 2.36. The van der Waals surface area contributed by atoms with Crippen molar-refractivity contribution in [3.63, 3.8) is 0 Å². The number of ether oxygens (including phenoxy) is 2. The van der Waals surface area contributed by atoms with Crippen molar-refractivity contribution >= 4 is 30.9 Å². The summed E-state index contributed by atoms with van der Waals surface area (Å²) in [6.07, 6.45) is 5.11. The first-order valence-corrected chi connectivity index (χ1v) is 12.6. The lowest BCUT2D eigenvalue weighted by molar-refractivity contribution is 0.0336. The molecule has 0 bridgehead atoms. The van der Waals surface area contributed by atoms with Gasteiger partial charge in [0.1, 0.15) is 0 Å². The van der Waals surface area contributed by atoms with E-state index in [0.717, 1.165) is 6.61 Å². The summed E-state index contributed by atoms with van der Waals surface area (Å²) in [5.41, 5.74) is 0. The first-order chi connectivity index (χ1) is 9.81. The normalized spacial score (nSPS) is 12.9. The van der Waals surface area contributed by atoms with E-state index in [1.165, 1.54) is 30.1 Å². The van der Waals surface area contributed by atoms with Crippen LogP contribution < -0.4 is 0 Å². The maximum absolute atomic E-state index is 6.05. The highest BCUT2D eigenvalue weighted by molar-refractivity contribution is 14.1. The molecular weight excluding hydrogens is 395 g/mol. The topological polar surface area (TPSA) is 27.7 Å². The molecule has 0 aromatic rings. The van der Waals surface area contributed by atoms with Gasteiger partial charge >= 0.3 is 0 Å². The summed E-state index contributed by atoms with van der Waals surface area (Å²) in [4.78, 5) is 0. The van der Waals surface area contributed by atoms with Crippen LogP contribution in [0, 0.1) is 0 Å². The van der Waals surface area contributed by atoms with E-state index in [2.05, 4.69) is 56.5 Å². The lowest BCUT2D eigenvalue weighted by atomic mass is 10.2. The van der Waals surface area contributed by atoms with Crippen LogP contribution in [-0.4, -0.2) is 45.8 Å². The fourth-order valence-corrected chi connectivity index (χ4v) is 3.11. The molecule has 0 rings (SSSR count). The average molecular weight is 430 g/mol. The van der Waals surface area contributed by atoms with E-state index in [-0.39, 0.29) is 5.04 Å². The summed E-state index contributed by atoms with van der Waals surface area (Å²) in [5, 5.41) is 0.271. The number of hydrogen-bond donors (Lipinski definition) is 0. The SMILES string of the molecule is CC(C)(C)[Si](C)(C)OCCOCCOCCCCCCI. The van der Waals surface area contributed by atoms with Crippen molar-refractivity contribution in [3.05, 3.63) is 0 Å². The van der Waals surface area contributed by atoms with Gasteiger partial charge in [0.15, 0.2) is 8.32 Å². The first kappa shape index (κ1) is 21.8. The molecule has 0 heterocycles. The van der Waals surface area contributed by atoms with E-state index in [1.54, 1.807) is 0 Å². The summed E-state index contributed by atoms with van der Waals surface area (Å²) in [5.74, 6) is 0. The minimum absolute atomic E-state index is 0.271. The van der Waals surface area contributed by atoms with Crippen molar-refractivity contribution in [2.75, 3.05) is 37.5 Å². The Bertz CT molecular complexity index is 242. The van der Waals surface area contributed by atoms with Gasteiger partial charge in [-0.2, -0.15) is 0 Å². The Kier molecular flexibility index (Phi) is 12.8. The fraction of sp³-hybridized carbons (Fsp3) is 1.00. The Morgan fingerprint density at radius 1 is 0.762 bits per heavy atom.